The van der Waals surface area contributed by atoms with E-state index >= 15 is 0 Å². The maximum Gasteiger partial charge on any atom is 0.0801 e. The van der Waals surface area contributed by atoms with Crippen LogP contribution < -0.4 is 4.90 Å². The van der Waals surface area contributed by atoms with Crippen LogP contribution in [-0.2, 0) is 0 Å². The average Bonchev–Trinajstić information content (AvgIpc) is 2.76. The van der Waals surface area contributed by atoms with Crippen LogP contribution in [0.1, 0.15) is 58.8 Å². The lowest BCUT2D eigenvalue weighted by molar-refractivity contribution is -0.889. The molecule has 2 nitrogen and oxygen atoms in total. The highest BCUT2D eigenvalue weighted by atomic mass is 15.1. The Labute approximate surface area is 102 Å². The van der Waals surface area contributed by atoms with E-state index in [9.17, 15) is 0 Å². The minimum atomic E-state index is 1.06. The Bertz CT molecular complexity index is 165. The van der Waals surface area contributed by atoms with Crippen molar-refractivity contribution in [3.8, 4) is 0 Å². The Morgan fingerprint density at radius 3 is 2.50 bits per heavy atom. The summed E-state index contributed by atoms with van der Waals surface area (Å²) in [5, 5.41) is 6.25. The molecule has 1 rings (SSSR count). The van der Waals surface area contributed by atoms with Gasteiger partial charge in [-0.2, -0.15) is 0 Å². The summed E-state index contributed by atoms with van der Waals surface area (Å²) in [6.07, 6.45) is 10.1. The molecule has 0 aromatic carbocycles. The number of quaternary nitrogens is 1. The maximum atomic E-state index is 6.25. The fourth-order valence-electron chi connectivity index (χ4n) is 2.70. The molecule has 1 aliphatic heterocycles. The van der Waals surface area contributed by atoms with Crippen molar-refractivity contribution in [2.75, 3.05) is 19.6 Å². The average molecular weight is 224 g/mol. The van der Waals surface area contributed by atoms with Crippen molar-refractivity contribution in [2.45, 2.75) is 58.8 Å². The molecule has 0 spiro atoms. The van der Waals surface area contributed by atoms with E-state index in [4.69, 9.17) is 11.8 Å². The number of likely N-dealkylation sites (tertiary alicyclic amines) is 1. The van der Waals surface area contributed by atoms with E-state index in [1.807, 2.05) is 4.90 Å². The summed E-state index contributed by atoms with van der Waals surface area (Å²) >= 11 is 0. The number of nitrogens with zero attached hydrogens (tertiary/aromatic N) is 1. The van der Waals surface area contributed by atoms with Gasteiger partial charge in [-0.15, -0.1) is 0 Å². The molecule has 2 unspecified atom stereocenters. The molecular formula is C14H28N2. The van der Waals surface area contributed by atoms with Crippen LogP contribution in [0.25, 0.3) is 0 Å². The molecule has 0 radical (unpaired) electrons. The zero-order chi connectivity index (χ0) is 12.2. The molecule has 2 heteroatoms. The molecule has 94 valence electrons. The molecule has 0 aliphatic carbocycles. The normalized spacial score (nSPS) is 23.8. The molecule has 0 aromatic heterocycles. The summed E-state index contributed by atoms with van der Waals surface area (Å²) in [6.45, 7) is 13.7. The van der Waals surface area contributed by atoms with E-state index in [-0.39, 0.29) is 0 Å². The van der Waals surface area contributed by atoms with Crippen LogP contribution in [0.4, 0.5) is 0 Å². The number of hydrogen-bond acceptors (Lipinski definition) is 1. The quantitative estimate of drug-likeness (QED) is 0.522. The number of hydrogen-bond donors (Lipinski definition) is 1. The third-order valence-electron chi connectivity index (χ3n) is 3.56. The van der Waals surface area contributed by atoms with Crippen LogP contribution in [0.3, 0.4) is 0 Å². The predicted octanol–water partition coefficient (Wildman–Crippen LogP) is 2.37. The second-order valence-electron chi connectivity index (χ2n) is 4.96. The lowest BCUT2D eigenvalue weighted by Crippen LogP contribution is -3.10. The van der Waals surface area contributed by atoms with Crippen LogP contribution in [0.5, 0.6) is 0 Å². The molecule has 2 atom stereocenters. The van der Waals surface area contributed by atoms with Gasteiger partial charge >= 0.3 is 0 Å². The van der Waals surface area contributed by atoms with Crippen molar-refractivity contribution >= 4 is 0 Å². The van der Waals surface area contributed by atoms with Crippen molar-refractivity contribution in [1.29, 1.82) is 5.26 Å². The van der Waals surface area contributed by atoms with Crippen molar-refractivity contribution in [3.63, 3.8) is 0 Å². The largest absolute Gasteiger partial charge is 0.512 e. The van der Waals surface area contributed by atoms with Crippen LogP contribution in [-0.4, -0.2) is 19.6 Å². The lowest BCUT2D eigenvalue weighted by Gasteiger charge is -2.12. The van der Waals surface area contributed by atoms with Gasteiger partial charge in [0, 0.05) is 12.3 Å². The molecular weight excluding hydrogens is 196 g/mol. The summed E-state index contributed by atoms with van der Waals surface area (Å²) in [5.74, 6) is 1.06. The first-order valence-corrected chi connectivity index (χ1v) is 6.92. The molecule has 16 heavy (non-hydrogen) atoms. The third-order valence-corrected chi connectivity index (χ3v) is 3.56. The second kappa shape index (κ2) is 11.0. The van der Waals surface area contributed by atoms with E-state index in [2.05, 4.69) is 13.8 Å². The first-order chi connectivity index (χ1) is 7.86. The third kappa shape index (κ3) is 6.85. The van der Waals surface area contributed by atoms with Crippen molar-refractivity contribution in [1.82, 2.24) is 0 Å². The minimum Gasteiger partial charge on any atom is -0.512 e. The topological polar surface area (TPSA) is 28.2 Å². The second-order valence-corrected chi connectivity index (χ2v) is 4.96. The van der Waals surface area contributed by atoms with Gasteiger partial charge < -0.3 is 16.7 Å². The van der Waals surface area contributed by atoms with E-state index in [0.29, 0.717) is 0 Å². The Balaban J connectivity index is 0.00000106. The number of rotatable bonds is 7. The van der Waals surface area contributed by atoms with Gasteiger partial charge in [0.1, 0.15) is 0 Å². The van der Waals surface area contributed by atoms with Crippen LogP contribution in [0.15, 0.2) is 0 Å². The van der Waals surface area contributed by atoms with E-state index in [0.717, 1.165) is 5.92 Å². The summed E-state index contributed by atoms with van der Waals surface area (Å²) in [7, 11) is 0. The molecule has 0 amide bonds. The Hall–Kier alpha value is -0.550. The lowest BCUT2D eigenvalue weighted by atomic mass is 10.0. The van der Waals surface area contributed by atoms with E-state index in [1.54, 1.807) is 0 Å². The molecule has 0 aromatic rings. The van der Waals surface area contributed by atoms with Gasteiger partial charge in [-0.05, 0) is 19.3 Å². The fraction of sp³-hybridized carbons (Fsp3) is 0.929. The Kier molecular flexibility index (Phi) is 10.6. The van der Waals surface area contributed by atoms with Crippen molar-refractivity contribution in [3.05, 3.63) is 6.57 Å². The minimum absolute atomic E-state index is 1.06. The Morgan fingerprint density at radius 1 is 1.12 bits per heavy atom. The highest BCUT2D eigenvalue weighted by molar-refractivity contribution is 4.61. The van der Waals surface area contributed by atoms with Gasteiger partial charge in [-0.25, -0.2) is 0 Å². The van der Waals surface area contributed by atoms with Gasteiger partial charge in [0.15, 0.2) is 0 Å². The number of unbranched alkanes of at least 4 members (excludes halogenated alkanes) is 3. The molecule has 1 aliphatic rings. The predicted molar refractivity (Wildman–Crippen MR) is 67.7 cm³/mol. The van der Waals surface area contributed by atoms with Crippen molar-refractivity contribution in [2.24, 2.45) is 5.92 Å². The van der Waals surface area contributed by atoms with Crippen LogP contribution in [0, 0.1) is 17.8 Å². The number of nitrogens with one attached hydrogen (secondary N) is 1. The smallest absolute Gasteiger partial charge is 0.0801 e. The highest BCUT2D eigenvalue weighted by Crippen LogP contribution is 2.11. The zero-order valence-electron chi connectivity index (χ0n) is 11.1. The van der Waals surface area contributed by atoms with Crippen molar-refractivity contribution < 1.29 is 4.90 Å². The summed E-state index contributed by atoms with van der Waals surface area (Å²) < 4.78 is 0. The fourth-order valence-corrected chi connectivity index (χ4v) is 2.70. The van der Waals surface area contributed by atoms with Crippen LogP contribution >= 0.6 is 0 Å². The van der Waals surface area contributed by atoms with Gasteiger partial charge in [-0.3, -0.25) is 0 Å². The molecule has 1 saturated heterocycles. The van der Waals surface area contributed by atoms with Gasteiger partial charge in [0.05, 0.1) is 19.6 Å². The first-order valence-electron chi connectivity index (χ1n) is 6.92. The van der Waals surface area contributed by atoms with Gasteiger partial charge in [0.2, 0.25) is 0 Å². The first kappa shape index (κ1) is 15.4. The molecule has 1 fully saturated rings. The van der Waals surface area contributed by atoms with Gasteiger partial charge in [0.25, 0.3) is 0 Å². The summed E-state index contributed by atoms with van der Waals surface area (Å²) in [5.41, 5.74) is 0. The zero-order valence-corrected chi connectivity index (χ0v) is 11.1. The van der Waals surface area contributed by atoms with Gasteiger partial charge in [-0.1, -0.05) is 33.1 Å². The molecule has 1 N–H and O–H groups in total. The summed E-state index contributed by atoms with van der Waals surface area (Å²) in [4.78, 5) is 1.89. The maximum absolute atomic E-state index is 6.25. The van der Waals surface area contributed by atoms with E-state index < -0.39 is 0 Å². The van der Waals surface area contributed by atoms with Crippen LogP contribution in [0.2, 0.25) is 0 Å². The molecule has 0 saturated carbocycles. The SMILES string of the molecule is CCCCCC[NH+]1CCC(CCC)C1.[C-]#N. The standard InChI is InChI=1S/C13H27N.CN/c1-3-5-6-7-10-14-11-9-13(12-14)8-4-2;1-2/h13H,3-12H2,1-2H3;/q;-1/p+1. The summed E-state index contributed by atoms with van der Waals surface area (Å²) in [6, 6.07) is 0. The Morgan fingerprint density at radius 2 is 1.88 bits per heavy atom. The molecule has 1 heterocycles. The highest BCUT2D eigenvalue weighted by Gasteiger charge is 2.24. The molecule has 0 bridgehead atoms. The van der Waals surface area contributed by atoms with E-state index in [1.165, 1.54) is 64.6 Å². The monoisotopic (exact) mass is 224 g/mol.